The lowest BCUT2D eigenvalue weighted by atomic mass is 9.92. The first-order valence-electron chi connectivity index (χ1n) is 11.8. The van der Waals surface area contributed by atoms with Crippen LogP contribution >= 0.6 is 0 Å². The van der Waals surface area contributed by atoms with Gasteiger partial charge in [0.1, 0.15) is 17.0 Å². The van der Waals surface area contributed by atoms with Crippen LogP contribution < -0.4 is 4.74 Å². The number of ether oxygens (including phenoxy) is 2. The van der Waals surface area contributed by atoms with Gasteiger partial charge in [0.2, 0.25) is 5.88 Å². The van der Waals surface area contributed by atoms with Gasteiger partial charge in [-0.15, -0.1) is 0 Å². The fourth-order valence-electron chi connectivity index (χ4n) is 4.48. The second kappa shape index (κ2) is 8.39. The SMILES string of the molecule is COc1ccc(-c2nc([C@H]3CCO[C@H](c4cnn(C5CC5)c4)C3)nc3nc(C)c(C)nc23)cn1. The van der Waals surface area contributed by atoms with Gasteiger partial charge in [0, 0.05) is 42.1 Å². The molecule has 5 heterocycles. The highest BCUT2D eigenvalue weighted by atomic mass is 16.5. The summed E-state index contributed by atoms with van der Waals surface area (Å²) in [6.45, 7) is 4.57. The Morgan fingerprint density at radius 2 is 1.85 bits per heavy atom. The van der Waals surface area contributed by atoms with E-state index in [1.54, 1.807) is 13.3 Å². The summed E-state index contributed by atoms with van der Waals surface area (Å²) in [5, 5.41) is 4.55. The molecule has 4 aromatic rings. The van der Waals surface area contributed by atoms with Crippen molar-refractivity contribution in [1.82, 2.24) is 34.7 Å². The summed E-state index contributed by atoms with van der Waals surface area (Å²) < 4.78 is 13.4. The van der Waals surface area contributed by atoms with Crippen LogP contribution in [0.5, 0.6) is 5.88 Å². The third-order valence-electron chi connectivity index (χ3n) is 6.74. The quantitative estimate of drug-likeness (QED) is 0.438. The van der Waals surface area contributed by atoms with Crippen molar-refractivity contribution in [2.45, 2.75) is 57.6 Å². The van der Waals surface area contributed by atoms with Gasteiger partial charge in [0.15, 0.2) is 5.65 Å². The van der Waals surface area contributed by atoms with Crippen LogP contribution in [0.2, 0.25) is 0 Å². The molecule has 0 bridgehead atoms. The fraction of sp³-hybridized carbons (Fsp3) is 0.440. The zero-order chi connectivity index (χ0) is 23.2. The zero-order valence-corrected chi connectivity index (χ0v) is 19.6. The zero-order valence-electron chi connectivity index (χ0n) is 19.6. The third kappa shape index (κ3) is 3.90. The van der Waals surface area contributed by atoms with E-state index in [1.165, 1.54) is 12.8 Å². The highest BCUT2D eigenvalue weighted by Crippen LogP contribution is 2.39. The smallest absolute Gasteiger partial charge is 0.212 e. The van der Waals surface area contributed by atoms with E-state index in [0.29, 0.717) is 29.7 Å². The van der Waals surface area contributed by atoms with Gasteiger partial charge in [-0.2, -0.15) is 5.10 Å². The third-order valence-corrected chi connectivity index (χ3v) is 6.74. The molecule has 1 saturated carbocycles. The summed E-state index contributed by atoms with van der Waals surface area (Å²) in [5.74, 6) is 1.49. The van der Waals surface area contributed by atoms with Crippen LogP contribution in [0.1, 0.15) is 66.5 Å². The van der Waals surface area contributed by atoms with E-state index < -0.39 is 0 Å². The second-order valence-electron chi connectivity index (χ2n) is 9.15. The lowest BCUT2D eigenvalue weighted by Crippen LogP contribution is -2.20. The Kier molecular flexibility index (Phi) is 5.21. The van der Waals surface area contributed by atoms with Gasteiger partial charge in [-0.3, -0.25) is 4.68 Å². The standard InChI is InChI=1S/C25H27N7O2/c1-14-15(2)29-25-23(28-14)22(17-4-7-21(33-3)26-11-17)30-24(31-25)16-8-9-34-20(10-16)18-12-27-32(13-18)19-5-6-19/h4,7,11-13,16,19-20H,5-6,8-10H2,1-3H3/t16-,20-/m0/s1. The molecule has 2 fully saturated rings. The monoisotopic (exact) mass is 457 g/mol. The molecule has 0 radical (unpaired) electrons. The Labute approximate surface area is 197 Å². The molecule has 4 aromatic heterocycles. The van der Waals surface area contributed by atoms with Crippen LogP contribution in [0.25, 0.3) is 22.4 Å². The molecule has 9 nitrogen and oxygen atoms in total. The fourth-order valence-corrected chi connectivity index (χ4v) is 4.48. The van der Waals surface area contributed by atoms with E-state index in [-0.39, 0.29) is 12.0 Å². The average Bonchev–Trinajstić information content (AvgIpc) is 3.60. The van der Waals surface area contributed by atoms with E-state index in [4.69, 9.17) is 29.4 Å². The highest BCUT2D eigenvalue weighted by molar-refractivity contribution is 5.86. The highest BCUT2D eigenvalue weighted by Gasteiger charge is 2.31. The Morgan fingerprint density at radius 3 is 2.62 bits per heavy atom. The van der Waals surface area contributed by atoms with E-state index in [9.17, 15) is 0 Å². The molecule has 9 heteroatoms. The predicted molar refractivity (Wildman–Crippen MR) is 126 cm³/mol. The topological polar surface area (TPSA) is 101 Å². The number of aromatic nitrogens is 7. The van der Waals surface area contributed by atoms with Crippen LogP contribution in [0, 0.1) is 13.8 Å². The van der Waals surface area contributed by atoms with Crippen molar-refractivity contribution in [3.05, 3.63) is 53.5 Å². The molecular weight excluding hydrogens is 430 g/mol. The van der Waals surface area contributed by atoms with Crippen molar-refractivity contribution in [3.8, 4) is 17.1 Å². The minimum Gasteiger partial charge on any atom is -0.481 e. The molecule has 174 valence electrons. The summed E-state index contributed by atoms with van der Waals surface area (Å²) in [6, 6.07) is 4.34. The predicted octanol–water partition coefficient (Wildman–Crippen LogP) is 4.27. The molecule has 0 aromatic carbocycles. The number of methoxy groups -OCH3 is 1. The molecular formula is C25H27N7O2. The van der Waals surface area contributed by atoms with Gasteiger partial charge < -0.3 is 9.47 Å². The lowest BCUT2D eigenvalue weighted by molar-refractivity contribution is 0.00396. The first kappa shape index (κ1) is 21.1. The first-order chi connectivity index (χ1) is 16.6. The largest absolute Gasteiger partial charge is 0.481 e. The van der Waals surface area contributed by atoms with Crippen molar-refractivity contribution >= 4 is 11.2 Å². The normalized spacial score (nSPS) is 20.6. The van der Waals surface area contributed by atoms with Gasteiger partial charge in [-0.1, -0.05) is 0 Å². The van der Waals surface area contributed by atoms with Crippen LogP contribution in [0.15, 0.2) is 30.7 Å². The summed E-state index contributed by atoms with van der Waals surface area (Å²) in [4.78, 5) is 23.8. The van der Waals surface area contributed by atoms with E-state index >= 15 is 0 Å². The van der Waals surface area contributed by atoms with E-state index in [2.05, 4.69) is 21.0 Å². The number of hydrogen-bond donors (Lipinski definition) is 0. The summed E-state index contributed by atoms with van der Waals surface area (Å²) in [7, 11) is 1.60. The van der Waals surface area contributed by atoms with E-state index in [1.807, 2.05) is 32.2 Å². The Balaban J connectivity index is 1.38. The molecule has 1 aliphatic carbocycles. The molecule has 34 heavy (non-hydrogen) atoms. The maximum atomic E-state index is 6.13. The van der Waals surface area contributed by atoms with Crippen molar-refractivity contribution < 1.29 is 9.47 Å². The van der Waals surface area contributed by atoms with Crippen LogP contribution in [-0.2, 0) is 4.74 Å². The number of hydrogen-bond acceptors (Lipinski definition) is 8. The average molecular weight is 458 g/mol. The second-order valence-corrected chi connectivity index (χ2v) is 9.15. The van der Waals surface area contributed by atoms with Gasteiger partial charge in [-0.25, -0.2) is 24.9 Å². The molecule has 0 N–H and O–H groups in total. The number of pyridine rings is 1. The molecule has 2 atom stereocenters. The maximum Gasteiger partial charge on any atom is 0.212 e. The minimum atomic E-state index is -0.0116. The molecule has 6 rings (SSSR count). The number of rotatable bonds is 5. The van der Waals surface area contributed by atoms with E-state index in [0.717, 1.165) is 46.9 Å². The number of fused-ring (bicyclic) bond motifs is 1. The van der Waals surface area contributed by atoms with Crippen molar-refractivity contribution in [1.29, 1.82) is 0 Å². The van der Waals surface area contributed by atoms with Gasteiger partial charge in [-0.05, 0) is 45.6 Å². The van der Waals surface area contributed by atoms with Crippen LogP contribution in [0.3, 0.4) is 0 Å². The maximum absolute atomic E-state index is 6.13. The van der Waals surface area contributed by atoms with Crippen LogP contribution in [-0.4, -0.2) is 48.4 Å². The molecule has 1 aliphatic heterocycles. The van der Waals surface area contributed by atoms with Crippen molar-refractivity contribution in [2.75, 3.05) is 13.7 Å². The Hall–Kier alpha value is -3.46. The molecule has 0 amide bonds. The summed E-state index contributed by atoms with van der Waals surface area (Å²) >= 11 is 0. The van der Waals surface area contributed by atoms with Crippen molar-refractivity contribution in [2.24, 2.45) is 0 Å². The van der Waals surface area contributed by atoms with Gasteiger partial charge >= 0.3 is 0 Å². The summed E-state index contributed by atoms with van der Waals surface area (Å²) in [5.41, 5.74) is 5.77. The summed E-state index contributed by atoms with van der Waals surface area (Å²) in [6.07, 6.45) is 9.92. The molecule has 2 aliphatic rings. The number of aryl methyl sites for hydroxylation is 2. The Morgan fingerprint density at radius 1 is 1.00 bits per heavy atom. The molecule has 1 saturated heterocycles. The van der Waals surface area contributed by atoms with Crippen LogP contribution in [0.4, 0.5) is 0 Å². The van der Waals surface area contributed by atoms with Gasteiger partial charge in [0.25, 0.3) is 0 Å². The first-order valence-corrected chi connectivity index (χ1v) is 11.8. The molecule has 0 spiro atoms. The minimum absolute atomic E-state index is 0.0116. The van der Waals surface area contributed by atoms with Crippen molar-refractivity contribution in [3.63, 3.8) is 0 Å². The number of nitrogens with zero attached hydrogens (tertiary/aromatic N) is 7. The van der Waals surface area contributed by atoms with Gasteiger partial charge in [0.05, 0.1) is 36.8 Å². The lowest BCUT2D eigenvalue weighted by Gasteiger charge is -2.28. The Bertz CT molecular complexity index is 1350. The molecule has 0 unspecified atom stereocenters.